The Bertz CT molecular complexity index is 937. The average Bonchev–Trinajstić information content (AvgIpc) is 2.66. The summed E-state index contributed by atoms with van der Waals surface area (Å²) in [6.45, 7) is 7.87. The number of carbonyl (C=O) groups is 1. The third-order valence-corrected chi connectivity index (χ3v) is 6.30. The van der Waals surface area contributed by atoms with Crippen LogP contribution in [0.25, 0.3) is 0 Å². The molecule has 0 aliphatic carbocycles. The van der Waals surface area contributed by atoms with Crippen LogP contribution in [0.4, 0.5) is 11.4 Å². The summed E-state index contributed by atoms with van der Waals surface area (Å²) in [5, 5.41) is 2.88. The van der Waals surface area contributed by atoms with Crippen molar-refractivity contribution in [1.82, 2.24) is 0 Å². The molecule has 29 heavy (non-hydrogen) atoms. The number of carbonyl (C=O) groups excluding carboxylic acids is 1. The molecule has 0 saturated carbocycles. The van der Waals surface area contributed by atoms with Gasteiger partial charge in [-0.1, -0.05) is 38.5 Å². The van der Waals surface area contributed by atoms with E-state index in [-0.39, 0.29) is 5.91 Å². The molecular formula is C23H32N2O3S. The minimum atomic E-state index is -3.64. The van der Waals surface area contributed by atoms with Gasteiger partial charge < -0.3 is 5.32 Å². The molecule has 0 fully saturated rings. The van der Waals surface area contributed by atoms with Gasteiger partial charge in [0.1, 0.15) is 6.04 Å². The molecule has 5 nitrogen and oxygen atoms in total. The first-order valence-corrected chi connectivity index (χ1v) is 12.0. The zero-order valence-electron chi connectivity index (χ0n) is 18.0. The summed E-state index contributed by atoms with van der Waals surface area (Å²) >= 11 is 0. The first-order valence-electron chi connectivity index (χ1n) is 10.1. The van der Waals surface area contributed by atoms with Gasteiger partial charge in [-0.15, -0.1) is 0 Å². The molecule has 0 unspecified atom stereocenters. The fourth-order valence-corrected chi connectivity index (χ4v) is 4.49. The molecular weight excluding hydrogens is 384 g/mol. The van der Waals surface area contributed by atoms with Gasteiger partial charge in [-0.25, -0.2) is 8.42 Å². The second-order valence-electron chi connectivity index (χ2n) is 7.54. The van der Waals surface area contributed by atoms with Gasteiger partial charge in [-0.2, -0.15) is 0 Å². The van der Waals surface area contributed by atoms with Crippen LogP contribution in [-0.2, 0) is 21.2 Å². The molecule has 1 atom stereocenters. The predicted octanol–water partition coefficient (Wildman–Crippen LogP) is 4.83. The van der Waals surface area contributed by atoms with Crippen LogP contribution in [0.15, 0.2) is 42.5 Å². The third kappa shape index (κ3) is 6.07. The van der Waals surface area contributed by atoms with Crippen LogP contribution < -0.4 is 9.62 Å². The molecule has 0 bridgehead atoms. The second kappa shape index (κ2) is 9.92. The van der Waals surface area contributed by atoms with Crippen molar-refractivity contribution in [2.24, 2.45) is 0 Å². The summed E-state index contributed by atoms with van der Waals surface area (Å²) in [4.78, 5) is 13.0. The standard InChI is InChI=1S/C23H32N2O3S/c1-6-8-9-19-11-13-20(14-12-19)24-23(26)22(7-2)25(29(5,27)28)21-15-10-17(3)18(4)16-21/h10-16,22H,6-9H2,1-5H3,(H,24,26)/t22-/m1/s1. The Morgan fingerprint density at radius 1 is 1.03 bits per heavy atom. The van der Waals surface area contributed by atoms with E-state index in [0.717, 1.165) is 36.6 Å². The van der Waals surface area contributed by atoms with Crippen LogP contribution in [0, 0.1) is 13.8 Å². The fourth-order valence-electron chi connectivity index (χ4n) is 3.28. The lowest BCUT2D eigenvalue weighted by Crippen LogP contribution is -2.47. The number of sulfonamides is 1. The van der Waals surface area contributed by atoms with Gasteiger partial charge in [-0.3, -0.25) is 9.10 Å². The summed E-state index contributed by atoms with van der Waals surface area (Å²) in [5.41, 5.74) is 4.46. The smallest absolute Gasteiger partial charge is 0.248 e. The van der Waals surface area contributed by atoms with Gasteiger partial charge >= 0.3 is 0 Å². The Labute approximate surface area is 175 Å². The normalized spacial score (nSPS) is 12.4. The lowest BCUT2D eigenvalue weighted by atomic mass is 10.1. The number of aryl methyl sites for hydroxylation is 3. The molecule has 6 heteroatoms. The van der Waals surface area contributed by atoms with E-state index in [4.69, 9.17) is 0 Å². The van der Waals surface area contributed by atoms with Crippen LogP contribution in [0.1, 0.15) is 49.8 Å². The number of unbranched alkanes of at least 4 members (excludes halogenated alkanes) is 1. The summed E-state index contributed by atoms with van der Waals surface area (Å²) in [6.07, 6.45) is 4.78. The van der Waals surface area contributed by atoms with E-state index in [1.807, 2.05) is 57.2 Å². The predicted molar refractivity (Wildman–Crippen MR) is 121 cm³/mol. The molecule has 158 valence electrons. The minimum absolute atomic E-state index is 0.336. The van der Waals surface area contributed by atoms with E-state index < -0.39 is 16.1 Å². The van der Waals surface area contributed by atoms with E-state index in [1.54, 1.807) is 6.07 Å². The fraction of sp³-hybridized carbons (Fsp3) is 0.435. The van der Waals surface area contributed by atoms with Gasteiger partial charge in [0, 0.05) is 5.69 Å². The molecule has 0 aromatic heterocycles. The van der Waals surface area contributed by atoms with Crippen molar-refractivity contribution in [3.63, 3.8) is 0 Å². The zero-order chi connectivity index (χ0) is 21.6. The van der Waals surface area contributed by atoms with E-state index in [1.165, 1.54) is 9.87 Å². The van der Waals surface area contributed by atoms with Crippen molar-refractivity contribution in [2.45, 2.75) is 59.4 Å². The quantitative estimate of drug-likeness (QED) is 0.637. The number of rotatable bonds is 9. The van der Waals surface area contributed by atoms with Crippen LogP contribution in [0.2, 0.25) is 0 Å². The summed E-state index contributed by atoms with van der Waals surface area (Å²) in [6, 6.07) is 12.4. The van der Waals surface area contributed by atoms with Crippen LogP contribution in [0.3, 0.4) is 0 Å². The molecule has 0 heterocycles. The van der Waals surface area contributed by atoms with E-state index in [9.17, 15) is 13.2 Å². The Hall–Kier alpha value is -2.34. The maximum absolute atomic E-state index is 13.0. The lowest BCUT2D eigenvalue weighted by Gasteiger charge is -2.30. The number of nitrogens with zero attached hydrogens (tertiary/aromatic N) is 1. The Morgan fingerprint density at radius 2 is 1.69 bits per heavy atom. The third-order valence-electron chi connectivity index (χ3n) is 5.12. The van der Waals surface area contributed by atoms with Gasteiger partial charge in [-0.05, 0) is 74.1 Å². The molecule has 2 aromatic rings. The van der Waals surface area contributed by atoms with Crippen molar-refractivity contribution < 1.29 is 13.2 Å². The SMILES string of the molecule is CCCCc1ccc(NC(=O)[C@@H](CC)N(c2ccc(C)c(C)c2)S(C)(=O)=O)cc1. The van der Waals surface area contributed by atoms with Crippen molar-refractivity contribution in [3.05, 3.63) is 59.2 Å². The average molecular weight is 417 g/mol. The molecule has 0 radical (unpaired) electrons. The van der Waals surface area contributed by atoms with Crippen LogP contribution in [0.5, 0.6) is 0 Å². The van der Waals surface area contributed by atoms with Gasteiger partial charge in [0.25, 0.3) is 0 Å². The molecule has 0 aliphatic rings. The van der Waals surface area contributed by atoms with Crippen molar-refractivity contribution in [2.75, 3.05) is 15.9 Å². The topological polar surface area (TPSA) is 66.5 Å². The maximum atomic E-state index is 13.0. The summed E-state index contributed by atoms with van der Waals surface area (Å²) < 4.78 is 26.4. The van der Waals surface area contributed by atoms with Crippen LogP contribution >= 0.6 is 0 Å². The number of benzene rings is 2. The van der Waals surface area contributed by atoms with Crippen molar-refractivity contribution in [3.8, 4) is 0 Å². The first kappa shape index (κ1) is 22.9. The van der Waals surface area contributed by atoms with Gasteiger partial charge in [0.05, 0.1) is 11.9 Å². The Morgan fingerprint density at radius 3 is 2.21 bits per heavy atom. The Balaban J connectivity index is 2.27. The Kier molecular flexibility index (Phi) is 7.85. The van der Waals surface area contributed by atoms with E-state index in [2.05, 4.69) is 12.2 Å². The largest absolute Gasteiger partial charge is 0.324 e. The number of amides is 1. The maximum Gasteiger partial charge on any atom is 0.248 e. The summed E-state index contributed by atoms with van der Waals surface area (Å²) in [5.74, 6) is -0.336. The molecule has 2 rings (SSSR count). The number of nitrogens with one attached hydrogen (secondary N) is 1. The monoisotopic (exact) mass is 416 g/mol. The van der Waals surface area contributed by atoms with E-state index >= 15 is 0 Å². The minimum Gasteiger partial charge on any atom is -0.324 e. The molecule has 0 aliphatic heterocycles. The number of hydrogen-bond acceptors (Lipinski definition) is 3. The molecule has 2 aromatic carbocycles. The molecule has 0 saturated heterocycles. The highest BCUT2D eigenvalue weighted by molar-refractivity contribution is 7.92. The lowest BCUT2D eigenvalue weighted by molar-refractivity contribution is -0.117. The van der Waals surface area contributed by atoms with Gasteiger partial charge in [0.15, 0.2) is 0 Å². The summed E-state index contributed by atoms with van der Waals surface area (Å²) in [7, 11) is -3.64. The highest BCUT2D eigenvalue weighted by atomic mass is 32.2. The molecule has 1 N–H and O–H groups in total. The molecule has 0 spiro atoms. The van der Waals surface area contributed by atoms with Gasteiger partial charge in [0.2, 0.25) is 15.9 Å². The number of anilines is 2. The van der Waals surface area contributed by atoms with E-state index in [0.29, 0.717) is 17.8 Å². The highest BCUT2D eigenvalue weighted by Gasteiger charge is 2.31. The van der Waals surface area contributed by atoms with Crippen molar-refractivity contribution >= 4 is 27.3 Å². The van der Waals surface area contributed by atoms with Crippen LogP contribution in [-0.4, -0.2) is 26.6 Å². The first-order chi connectivity index (χ1) is 13.7. The molecule has 1 amide bonds. The highest BCUT2D eigenvalue weighted by Crippen LogP contribution is 2.25. The van der Waals surface area contributed by atoms with Crippen molar-refractivity contribution in [1.29, 1.82) is 0 Å². The number of hydrogen-bond donors (Lipinski definition) is 1. The second-order valence-corrected chi connectivity index (χ2v) is 9.40. The zero-order valence-corrected chi connectivity index (χ0v) is 18.8.